The largest absolute Gasteiger partial charge is 0.444 e. The Kier molecular flexibility index (Phi) is 8.58. The van der Waals surface area contributed by atoms with Crippen LogP contribution in [0.4, 0.5) is 4.79 Å². The van der Waals surface area contributed by atoms with Crippen molar-refractivity contribution >= 4 is 34.8 Å². The molecule has 208 valence electrons. The predicted octanol–water partition coefficient (Wildman–Crippen LogP) is 9.00. The number of alkyl carbamates (subject to hydrolysis) is 1. The van der Waals surface area contributed by atoms with Gasteiger partial charge in [0.05, 0.1) is 0 Å². The van der Waals surface area contributed by atoms with Gasteiger partial charge in [-0.1, -0.05) is 50.9 Å². The molecule has 1 aliphatic rings. The van der Waals surface area contributed by atoms with Gasteiger partial charge in [0.2, 0.25) is 0 Å². The first-order chi connectivity index (χ1) is 18.2. The van der Waals surface area contributed by atoms with Crippen molar-refractivity contribution in [1.29, 1.82) is 0 Å². The molecule has 0 saturated heterocycles. The average Bonchev–Trinajstić information content (AvgIpc) is 3.23. The third-order valence-electron chi connectivity index (χ3n) is 7.04. The van der Waals surface area contributed by atoms with E-state index in [0.717, 1.165) is 41.0 Å². The summed E-state index contributed by atoms with van der Waals surface area (Å²) < 4.78 is 5.40. The molecule has 0 radical (unpaired) electrons. The molecule has 1 saturated carbocycles. The van der Waals surface area contributed by atoms with Crippen LogP contribution < -0.4 is 5.32 Å². The molecule has 1 aromatic carbocycles. The van der Waals surface area contributed by atoms with E-state index in [2.05, 4.69) is 50.1 Å². The number of nitrogens with one attached hydrogen (secondary N) is 1. The molecule has 1 aliphatic carbocycles. The van der Waals surface area contributed by atoms with E-state index in [4.69, 9.17) is 16.3 Å². The van der Waals surface area contributed by atoms with Crippen molar-refractivity contribution in [2.24, 2.45) is 5.92 Å². The van der Waals surface area contributed by atoms with Gasteiger partial charge in [-0.25, -0.2) is 4.79 Å². The maximum absolute atomic E-state index is 13.4. The first-order valence-corrected chi connectivity index (χ1v) is 14.8. The SMILES string of the molecule is Cc1sc(-c2ccc(C(=O)C3CCC[C@H](NC(=O)OC(C)(C)C)C3)cc2Cl)cc1-c1ccnc(C(C)(C)C)c1. The van der Waals surface area contributed by atoms with Crippen LogP contribution >= 0.6 is 22.9 Å². The van der Waals surface area contributed by atoms with Gasteiger partial charge in [-0.2, -0.15) is 0 Å². The fourth-order valence-corrected chi connectivity index (χ4v) is 6.47. The van der Waals surface area contributed by atoms with E-state index >= 15 is 0 Å². The van der Waals surface area contributed by atoms with Gasteiger partial charge in [0, 0.05) is 55.2 Å². The molecule has 2 atom stereocenters. The molecule has 7 heteroatoms. The third-order valence-corrected chi connectivity index (χ3v) is 8.44. The van der Waals surface area contributed by atoms with Gasteiger partial charge in [-0.15, -0.1) is 11.3 Å². The van der Waals surface area contributed by atoms with Crippen molar-refractivity contribution in [3.8, 4) is 21.6 Å². The van der Waals surface area contributed by atoms with Crippen molar-refractivity contribution < 1.29 is 14.3 Å². The minimum atomic E-state index is -0.554. The molecule has 0 aliphatic heterocycles. The molecule has 2 heterocycles. The predicted molar refractivity (Wildman–Crippen MR) is 161 cm³/mol. The number of aromatic nitrogens is 1. The molecule has 0 bridgehead atoms. The summed E-state index contributed by atoms with van der Waals surface area (Å²) in [6, 6.07) is 12.0. The minimum absolute atomic E-state index is 0.0292. The highest BCUT2D eigenvalue weighted by Crippen LogP contribution is 2.41. The smallest absolute Gasteiger partial charge is 0.407 e. The monoisotopic (exact) mass is 566 g/mol. The number of pyridine rings is 1. The fourth-order valence-electron chi connectivity index (χ4n) is 5.05. The number of Topliss-reactive ketones (excluding diaryl/α,β-unsaturated/α-hetero) is 1. The maximum Gasteiger partial charge on any atom is 0.407 e. The molecule has 1 amide bonds. The zero-order chi connectivity index (χ0) is 28.5. The number of amides is 1. The minimum Gasteiger partial charge on any atom is -0.444 e. The number of benzene rings is 1. The van der Waals surface area contributed by atoms with Crippen molar-refractivity contribution in [3.63, 3.8) is 0 Å². The molecular weight excluding hydrogens is 528 g/mol. The van der Waals surface area contributed by atoms with E-state index in [0.29, 0.717) is 17.0 Å². The van der Waals surface area contributed by atoms with E-state index in [1.54, 1.807) is 17.4 Å². The highest BCUT2D eigenvalue weighted by Gasteiger charge is 2.30. The Hall–Kier alpha value is -2.70. The molecule has 39 heavy (non-hydrogen) atoms. The quantitative estimate of drug-likeness (QED) is 0.313. The van der Waals surface area contributed by atoms with E-state index in [1.165, 1.54) is 10.4 Å². The number of hydrogen-bond donors (Lipinski definition) is 1. The second-order valence-electron chi connectivity index (χ2n) is 12.5. The number of carbonyl (C=O) groups excluding carboxylic acids is 2. The maximum atomic E-state index is 13.4. The van der Waals surface area contributed by atoms with E-state index in [9.17, 15) is 9.59 Å². The summed E-state index contributed by atoms with van der Waals surface area (Å²) in [6.45, 7) is 14.1. The van der Waals surface area contributed by atoms with Gasteiger partial charge >= 0.3 is 6.09 Å². The van der Waals surface area contributed by atoms with Crippen LogP contribution in [-0.4, -0.2) is 28.5 Å². The molecule has 5 nitrogen and oxygen atoms in total. The second kappa shape index (κ2) is 11.4. The summed E-state index contributed by atoms with van der Waals surface area (Å²) in [6.07, 6.45) is 4.58. The van der Waals surface area contributed by atoms with Crippen LogP contribution in [0, 0.1) is 12.8 Å². The summed E-state index contributed by atoms with van der Waals surface area (Å²) in [4.78, 5) is 32.5. The van der Waals surface area contributed by atoms with Crippen molar-refractivity contribution in [3.05, 3.63) is 63.8 Å². The molecule has 0 spiro atoms. The van der Waals surface area contributed by atoms with Gasteiger partial charge < -0.3 is 10.1 Å². The normalized spacial score (nSPS) is 18.1. The van der Waals surface area contributed by atoms with Gasteiger partial charge in [0.1, 0.15) is 5.60 Å². The van der Waals surface area contributed by atoms with E-state index in [1.807, 2.05) is 45.2 Å². The Balaban J connectivity index is 1.50. The lowest BCUT2D eigenvalue weighted by atomic mass is 9.81. The van der Waals surface area contributed by atoms with Crippen LogP contribution in [0.3, 0.4) is 0 Å². The van der Waals surface area contributed by atoms with Crippen LogP contribution in [0.5, 0.6) is 0 Å². The van der Waals surface area contributed by atoms with Crippen molar-refractivity contribution in [2.45, 2.75) is 91.2 Å². The Labute approximate surface area is 241 Å². The number of rotatable bonds is 5. The van der Waals surface area contributed by atoms with Crippen molar-refractivity contribution in [1.82, 2.24) is 10.3 Å². The van der Waals surface area contributed by atoms with Crippen molar-refractivity contribution in [2.75, 3.05) is 0 Å². The topological polar surface area (TPSA) is 68.3 Å². The highest BCUT2D eigenvalue weighted by molar-refractivity contribution is 7.16. The molecule has 1 N–H and O–H groups in total. The lowest BCUT2D eigenvalue weighted by Gasteiger charge is -2.30. The Morgan fingerprint density at radius 1 is 1.03 bits per heavy atom. The van der Waals surface area contributed by atoms with Gasteiger partial charge in [-0.05, 0) is 82.3 Å². The number of hydrogen-bond acceptors (Lipinski definition) is 5. The number of halogens is 1. The lowest BCUT2D eigenvalue weighted by Crippen LogP contribution is -2.42. The van der Waals surface area contributed by atoms with Crippen LogP contribution in [0.1, 0.15) is 88.2 Å². The highest BCUT2D eigenvalue weighted by atomic mass is 35.5. The molecule has 1 unspecified atom stereocenters. The number of nitrogens with zero attached hydrogens (tertiary/aromatic N) is 1. The second-order valence-corrected chi connectivity index (χ2v) is 14.2. The standard InChI is InChI=1S/C32H39ClN2O3S/c1-19-25(20-13-14-34-28(17-20)31(2,3)4)18-27(39-19)24-12-11-22(16-26(24)33)29(36)21-9-8-10-23(15-21)35-30(37)38-32(5,6)7/h11-14,16-18,21,23H,8-10,15H2,1-7H3,(H,35,37)/t21?,23-/m0/s1. The van der Waals surface area contributed by atoms with Crippen LogP contribution in [0.15, 0.2) is 42.6 Å². The molecule has 1 fully saturated rings. The summed E-state index contributed by atoms with van der Waals surface area (Å²) >= 11 is 8.47. The van der Waals surface area contributed by atoms with Gasteiger partial charge in [0.15, 0.2) is 5.78 Å². The van der Waals surface area contributed by atoms with E-state index < -0.39 is 11.7 Å². The molecular formula is C32H39ClN2O3S. The van der Waals surface area contributed by atoms with Gasteiger partial charge in [0.25, 0.3) is 0 Å². The first kappa shape index (κ1) is 29.3. The molecule has 2 aromatic heterocycles. The number of thiophene rings is 1. The number of aryl methyl sites for hydroxylation is 1. The summed E-state index contributed by atoms with van der Waals surface area (Å²) in [5.41, 5.74) is 4.32. The summed E-state index contributed by atoms with van der Waals surface area (Å²) in [5, 5.41) is 3.51. The molecule has 4 rings (SSSR count). The zero-order valence-corrected chi connectivity index (χ0v) is 25.6. The van der Waals surface area contributed by atoms with Crippen LogP contribution in [0.2, 0.25) is 5.02 Å². The number of ether oxygens (including phenoxy) is 1. The summed E-state index contributed by atoms with van der Waals surface area (Å²) in [5.74, 6) is -0.0754. The lowest BCUT2D eigenvalue weighted by molar-refractivity contribution is 0.0479. The average molecular weight is 567 g/mol. The summed E-state index contributed by atoms with van der Waals surface area (Å²) in [7, 11) is 0. The Morgan fingerprint density at radius 3 is 2.44 bits per heavy atom. The Morgan fingerprint density at radius 2 is 1.77 bits per heavy atom. The van der Waals surface area contributed by atoms with Gasteiger partial charge in [-0.3, -0.25) is 9.78 Å². The van der Waals surface area contributed by atoms with E-state index in [-0.39, 0.29) is 23.2 Å². The number of carbonyl (C=O) groups is 2. The number of ketones is 1. The fraction of sp³-hybridized carbons (Fsp3) is 0.469. The van der Waals surface area contributed by atoms with Crippen LogP contribution in [0.25, 0.3) is 21.6 Å². The third kappa shape index (κ3) is 7.29. The Bertz CT molecular complexity index is 1370. The van der Waals surface area contributed by atoms with Crippen LogP contribution in [-0.2, 0) is 10.2 Å². The first-order valence-electron chi connectivity index (χ1n) is 13.6. The zero-order valence-electron chi connectivity index (χ0n) is 24.0. The molecule has 3 aromatic rings.